The van der Waals surface area contributed by atoms with E-state index in [-0.39, 0.29) is 5.41 Å². The molecule has 0 saturated heterocycles. The highest BCUT2D eigenvalue weighted by Crippen LogP contribution is 2.57. The van der Waals surface area contributed by atoms with Crippen LogP contribution in [0.4, 0.5) is 0 Å². The first-order valence-corrected chi connectivity index (χ1v) is 23.8. The number of fused-ring (bicyclic) bond motifs is 3. The van der Waals surface area contributed by atoms with Gasteiger partial charge in [-0.15, -0.1) is 0 Å². The standard InChI is InChI=1S/C61H58/c1-3-5-7-9-11-13-35-61(36-14-12-10-8-6-4-2)55-39-45(53-37-47-23-15-19-41-27-29-43-21-17-25-51(53)59(43)57(41)47)31-33-49(55)50-34-32-46(40-56(50)61)54-38-48-24-16-20-42-28-30-44-22-18-26-52(54)60(44)58(42)48/h15-34,37-40H,3-14,35-36H2,1-2H3. The lowest BCUT2D eigenvalue weighted by Gasteiger charge is -2.33. The van der Waals surface area contributed by atoms with Gasteiger partial charge in [0, 0.05) is 5.41 Å². The molecule has 10 aromatic rings. The molecular formula is C61H58. The fourth-order valence-electron chi connectivity index (χ4n) is 11.9. The molecule has 0 N–H and O–H groups in total. The zero-order valence-electron chi connectivity index (χ0n) is 36.3. The van der Waals surface area contributed by atoms with E-state index in [9.17, 15) is 0 Å². The maximum atomic E-state index is 2.67. The summed E-state index contributed by atoms with van der Waals surface area (Å²) in [4.78, 5) is 0. The average molecular weight is 791 g/mol. The smallest absolute Gasteiger partial charge is 0.0215 e. The molecule has 0 nitrogen and oxygen atoms in total. The Labute approximate surface area is 362 Å². The van der Waals surface area contributed by atoms with Crippen LogP contribution >= 0.6 is 0 Å². The second-order valence-corrected chi connectivity index (χ2v) is 18.6. The molecule has 0 atom stereocenters. The lowest BCUT2D eigenvalue weighted by Crippen LogP contribution is -2.25. The van der Waals surface area contributed by atoms with E-state index in [0.29, 0.717) is 0 Å². The molecule has 11 rings (SSSR count). The van der Waals surface area contributed by atoms with E-state index in [2.05, 4.69) is 159 Å². The van der Waals surface area contributed by atoms with E-state index >= 15 is 0 Å². The minimum atomic E-state index is -0.0372. The van der Waals surface area contributed by atoms with Crippen molar-refractivity contribution in [3.63, 3.8) is 0 Å². The summed E-state index contributed by atoms with van der Waals surface area (Å²) >= 11 is 0. The lowest BCUT2D eigenvalue weighted by molar-refractivity contribution is 0.398. The molecule has 1 aliphatic rings. The monoisotopic (exact) mass is 790 g/mol. The molecule has 0 aromatic heterocycles. The van der Waals surface area contributed by atoms with Crippen molar-refractivity contribution >= 4 is 64.6 Å². The van der Waals surface area contributed by atoms with E-state index in [1.807, 2.05) is 0 Å². The molecule has 0 fully saturated rings. The molecule has 61 heavy (non-hydrogen) atoms. The van der Waals surface area contributed by atoms with Crippen LogP contribution in [0, 0.1) is 0 Å². The highest BCUT2D eigenvalue weighted by atomic mass is 14.5. The molecular weight excluding hydrogens is 733 g/mol. The molecule has 0 spiro atoms. The highest BCUT2D eigenvalue weighted by molar-refractivity contribution is 6.27. The minimum absolute atomic E-state index is 0.0372. The van der Waals surface area contributed by atoms with Gasteiger partial charge in [0.1, 0.15) is 0 Å². The number of benzene rings is 10. The Morgan fingerprint density at radius 3 is 1.13 bits per heavy atom. The first-order chi connectivity index (χ1) is 30.2. The van der Waals surface area contributed by atoms with E-state index < -0.39 is 0 Å². The van der Waals surface area contributed by atoms with E-state index in [4.69, 9.17) is 0 Å². The van der Waals surface area contributed by atoms with E-state index in [0.717, 1.165) is 0 Å². The number of unbranched alkanes of at least 4 members (excludes halogenated alkanes) is 10. The molecule has 10 aromatic carbocycles. The van der Waals surface area contributed by atoms with Gasteiger partial charge in [0.05, 0.1) is 0 Å². The van der Waals surface area contributed by atoms with Crippen LogP contribution in [0.1, 0.15) is 115 Å². The van der Waals surface area contributed by atoms with Crippen LogP contribution in [0.15, 0.2) is 146 Å². The summed E-state index contributed by atoms with van der Waals surface area (Å²) in [6.45, 7) is 4.67. The number of hydrogen-bond donors (Lipinski definition) is 0. The average Bonchev–Trinajstić information content (AvgIpc) is 3.57. The van der Waals surface area contributed by atoms with E-state index in [1.165, 1.54) is 188 Å². The second-order valence-electron chi connectivity index (χ2n) is 18.6. The number of rotatable bonds is 16. The topological polar surface area (TPSA) is 0 Å². The summed E-state index contributed by atoms with van der Waals surface area (Å²) < 4.78 is 0. The van der Waals surface area contributed by atoms with Crippen LogP contribution in [-0.4, -0.2) is 0 Å². The normalized spacial score (nSPS) is 13.5. The third-order valence-corrected chi connectivity index (χ3v) is 14.9. The van der Waals surface area contributed by atoms with Crippen molar-refractivity contribution in [3.05, 3.63) is 157 Å². The van der Waals surface area contributed by atoms with Crippen LogP contribution in [0.2, 0.25) is 0 Å². The zero-order valence-corrected chi connectivity index (χ0v) is 36.3. The third-order valence-electron chi connectivity index (χ3n) is 14.9. The summed E-state index contributed by atoms with van der Waals surface area (Å²) in [5, 5.41) is 16.3. The van der Waals surface area contributed by atoms with Crippen LogP contribution in [0.5, 0.6) is 0 Å². The highest BCUT2D eigenvalue weighted by Gasteiger charge is 2.43. The van der Waals surface area contributed by atoms with Gasteiger partial charge in [-0.25, -0.2) is 0 Å². The van der Waals surface area contributed by atoms with Crippen molar-refractivity contribution in [1.29, 1.82) is 0 Å². The van der Waals surface area contributed by atoms with Gasteiger partial charge in [0.15, 0.2) is 0 Å². The molecule has 0 aliphatic heterocycles. The largest absolute Gasteiger partial charge is 0.0654 e. The summed E-state index contributed by atoms with van der Waals surface area (Å²) in [5.74, 6) is 0. The minimum Gasteiger partial charge on any atom is -0.0654 e. The van der Waals surface area contributed by atoms with Crippen molar-refractivity contribution in [2.45, 2.75) is 109 Å². The maximum absolute atomic E-state index is 2.67. The quantitative estimate of drug-likeness (QED) is 0.0675. The fourth-order valence-corrected chi connectivity index (χ4v) is 11.9. The molecule has 0 unspecified atom stereocenters. The molecule has 0 heterocycles. The second kappa shape index (κ2) is 16.0. The SMILES string of the molecule is CCCCCCCCC1(CCCCCCCC)c2cc(-c3cc4cccc5ccc6cccc3c6c54)ccc2-c2ccc(-c3cc4cccc5ccc6cccc3c6c54)cc21. The third kappa shape index (κ3) is 6.40. The van der Waals surface area contributed by atoms with Crippen LogP contribution in [0.3, 0.4) is 0 Å². The van der Waals surface area contributed by atoms with Crippen molar-refractivity contribution in [2.75, 3.05) is 0 Å². The van der Waals surface area contributed by atoms with Gasteiger partial charge < -0.3 is 0 Å². The lowest BCUT2D eigenvalue weighted by atomic mass is 9.69. The maximum Gasteiger partial charge on any atom is 0.0215 e. The zero-order chi connectivity index (χ0) is 40.9. The van der Waals surface area contributed by atoms with Crippen LogP contribution in [-0.2, 0) is 5.41 Å². The Balaban J connectivity index is 1.10. The Bertz CT molecular complexity index is 2960. The molecule has 0 amide bonds. The van der Waals surface area contributed by atoms with Gasteiger partial charge in [0.2, 0.25) is 0 Å². The predicted octanol–water partition coefficient (Wildman–Crippen LogP) is 18.6. The first-order valence-electron chi connectivity index (χ1n) is 23.8. The summed E-state index contributed by atoms with van der Waals surface area (Å²) in [6, 6.07) is 57.0. The molecule has 0 saturated carbocycles. The fraction of sp³-hybridized carbons (Fsp3) is 0.279. The molecule has 0 bridgehead atoms. The summed E-state index contributed by atoms with van der Waals surface area (Å²) in [7, 11) is 0. The Hall–Kier alpha value is -5.72. The molecule has 302 valence electrons. The molecule has 0 heteroatoms. The predicted molar refractivity (Wildman–Crippen MR) is 267 cm³/mol. The van der Waals surface area contributed by atoms with Gasteiger partial charge in [-0.1, -0.05) is 212 Å². The van der Waals surface area contributed by atoms with Crippen molar-refractivity contribution < 1.29 is 0 Å². The van der Waals surface area contributed by atoms with Crippen molar-refractivity contribution in [2.24, 2.45) is 0 Å². The Morgan fingerprint density at radius 1 is 0.311 bits per heavy atom. The molecule has 1 aliphatic carbocycles. The summed E-state index contributed by atoms with van der Waals surface area (Å²) in [6.07, 6.45) is 18.2. The van der Waals surface area contributed by atoms with Crippen LogP contribution in [0.25, 0.3) is 98.0 Å². The summed E-state index contributed by atoms with van der Waals surface area (Å²) in [5.41, 5.74) is 11.4. The number of hydrogen-bond acceptors (Lipinski definition) is 0. The van der Waals surface area contributed by atoms with Gasteiger partial charge in [-0.3, -0.25) is 0 Å². The first kappa shape index (κ1) is 38.2. The van der Waals surface area contributed by atoms with Crippen LogP contribution < -0.4 is 0 Å². The Morgan fingerprint density at radius 2 is 0.689 bits per heavy atom. The van der Waals surface area contributed by atoms with E-state index in [1.54, 1.807) is 11.1 Å². The van der Waals surface area contributed by atoms with Crippen molar-refractivity contribution in [1.82, 2.24) is 0 Å². The Kier molecular flexibility index (Phi) is 10.00. The van der Waals surface area contributed by atoms with Crippen molar-refractivity contribution in [3.8, 4) is 33.4 Å². The molecule has 0 radical (unpaired) electrons. The van der Waals surface area contributed by atoms with Gasteiger partial charge in [-0.2, -0.15) is 0 Å². The van der Waals surface area contributed by atoms with Gasteiger partial charge in [-0.05, 0) is 146 Å². The van der Waals surface area contributed by atoms with Gasteiger partial charge in [0.25, 0.3) is 0 Å². The van der Waals surface area contributed by atoms with Gasteiger partial charge >= 0.3 is 0 Å².